The van der Waals surface area contributed by atoms with Gasteiger partial charge < -0.3 is 4.57 Å². The topological polar surface area (TPSA) is 22.2 Å². The molecule has 1 aromatic heterocycles. The van der Waals surface area contributed by atoms with Crippen LogP contribution in [0.3, 0.4) is 0 Å². The average Bonchev–Trinajstić information content (AvgIpc) is 2.55. The molecule has 0 radical (unpaired) electrons. The van der Waals surface area contributed by atoms with Crippen molar-refractivity contribution in [2.45, 2.75) is 6.18 Å². The first kappa shape index (κ1) is 10.5. The van der Waals surface area contributed by atoms with Gasteiger partial charge in [0.15, 0.2) is 5.69 Å². The van der Waals surface area contributed by atoms with E-state index < -0.39 is 12.0 Å². The van der Waals surface area contributed by atoms with Crippen molar-refractivity contribution in [1.29, 1.82) is 0 Å². The Labute approximate surface area is 88.9 Å². The van der Waals surface area contributed by atoms with Gasteiger partial charge in [-0.2, -0.15) is 13.2 Å². The smallest absolute Gasteiger partial charge is 0.325 e. The highest BCUT2D eigenvalue weighted by atomic mass is 19.4. The molecule has 82 valence electrons. The van der Waals surface area contributed by atoms with Crippen molar-refractivity contribution < 1.29 is 13.2 Å². The van der Waals surface area contributed by atoms with Crippen LogP contribution in [0.2, 0.25) is 0 Å². The molecule has 0 aliphatic rings. The van der Waals surface area contributed by atoms with Gasteiger partial charge >= 0.3 is 6.18 Å². The summed E-state index contributed by atoms with van der Waals surface area (Å²) >= 11 is 0. The summed E-state index contributed by atoms with van der Waals surface area (Å²) in [6.07, 6.45) is -4.48. The van der Waals surface area contributed by atoms with Crippen LogP contribution < -0.4 is 0 Å². The summed E-state index contributed by atoms with van der Waals surface area (Å²) in [4.78, 5) is 6.65. The number of hydrogen-bond donors (Lipinski definition) is 0. The van der Waals surface area contributed by atoms with Crippen LogP contribution in [-0.2, 0) is 13.2 Å². The number of halogens is 3. The average molecular weight is 225 g/mol. The molecule has 0 fully saturated rings. The molecule has 2 rings (SSSR count). The second-order valence-electron chi connectivity index (χ2n) is 3.28. The number of hydrogen-bond acceptors (Lipinski definition) is 1. The predicted octanol–water partition coefficient (Wildman–Crippen LogP) is 3.14. The van der Waals surface area contributed by atoms with E-state index in [4.69, 9.17) is 6.57 Å². The Balaban J connectivity index is 2.75. The van der Waals surface area contributed by atoms with Crippen LogP contribution in [0.25, 0.3) is 15.9 Å². The van der Waals surface area contributed by atoms with Gasteiger partial charge in [0.05, 0.1) is 17.6 Å². The molecule has 0 unspecified atom stereocenters. The number of aryl methyl sites for hydroxylation is 1. The monoisotopic (exact) mass is 225 g/mol. The number of benzene rings is 1. The number of alkyl halides is 3. The van der Waals surface area contributed by atoms with Crippen LogP contribution in [0.15, 0.2) is 18.2 Å². The van der Waals surface area contributed by atoms with Crippen molar-refractivity contribution in [2.75, 3.05) is 0 Å². The van der Waals surface area contributed by atoms with Gasteiger partial charge in [0, 0.05) is 7.05 Å². The number of aromatic nitrogens is 2. The Kier molecular flexibility index (Phi) is 2.12. The van der Waals surface area contributed by atoms with Crippen LogP contribution in [-0.4, -0.2) is 9.55 Å². The number of imidazole rings is 1. The SMILES string of the molecule is [C-]#[N+]c1ccc2nc(C(F)(F)F)n(C)c2c1. The van der Waals surface area contributed by atoms with E-state index in [-0.39, 0.29) is 5.52 Å². The van der Waals surface area contributed by atoms with E-state index in [2.05, 4.69) is 9.83 Å². The van der Waals surface area contributed by atoms with Crippen LogP contribution >= 0.6 is 0 Å². The molecule has 0 aliphatic heterocycles. The highest BCUT2D eigenvalue weighted by Crippen LogP contribution is 2.31. The van der Waals surface area contributed by atoms with Crippen molar-refractivity contribution >= 4 is 16.7 Å². The molecule has 6 heteroatoms. The third-order valence-electron chi connectivity index (χ3n) is 2.25. The Morgan fingerprint density at radius 3 is 2.62 bits per heavy atom. The van der Waals surface area contributed by atoms with Gasteiger partial charge in [0.25, 0.3) is 0 Å². The van der Waals surface area contributed by atoms with Crippen LogP contribution in [0.4, 0.5) is 18.9 Å². The summed E-state index contributed by atoms with van der Waals surface area (Å²) in [5.41, 5.74) is 0.840. The zero-order chi connectivity index (χ0) is 11.9. The second-order valence-corrected chi connectivity index (χ2v) is 3.28. The number of rotatable bonds is 0. The van der Waals surface area contributed by atoms with Crippen LogP contribution in [0, 0.1) is 6.57 Å². The predicted molar refractivity (Wildman–Crippen MR) is 52.0 cm³/mol. The quantitative estimate of drug-likeness (QED) is 0.631. The normalized spacial score (nSPS) is 11.7. The van der Waals surface area contributed by atoms with Crippen molar-refractivity contribution in [3.8, 4) is 0 Å². The van der Waals surface area contributed by atoms with Gasteiger partial charge in [-0.05, 0) is 12.1 Å². The van der Waals surface area contributed by atoms with E-state index >= 15 is 0 Å². The molecule has 1 heterocycles. The molecule has 0 amide bonds. The van der Waals surface area contributed by atoms with Crippen molar-refractivity contribution in [3.05, 3.63) is 35.4 Å². The van der Waals surface area contributed by atoms with Crippen molar-refractivity contribution in [1.82, 2.24) is 9.55 Å². The largest absolute Gasteiger partial charge is 0.449 e. The van der Waals surface area contributed by atoms with Gasteiger partial charge in [-0.3, -0.25) is 0 Å². The maximum absolute atomic E-state index is 12.5. The highest BCUT2D eigenvalue weighted by Gasteiger charge is 2.36. The van der Waals surface area contributed by atoms with Crippen molar-refractivity contribution in [2.24, 2.45) is 7.05 Å². The molecule has 16 heavy (non-hydrogen) atoms. The Bertz CT molecular complexity index is 590. The molecule has 0 spiro atoms. The molecule has 3 nitrogen and oxygen atoms in total. The van der Waals surface area contributed by atoms with Crippen LogP contribution in [0.1, 0.15) is 5.82 Å². The van der Waals surface area contributed by atoms with E-state index in [9.17, 15) is 13.2 Å². The van der Waals surface area contributed by atoms with E-state index in [1.54, 1.807) is 0 Å². The molecule has 0 atom stereocenters. The molecule has 2 aromatic rings. The lowest BCUT2D eigenvalue weighted by Gasteiger charge is -2.05. The summed E-state index contributed by atoms with van der Waals surface area (Å²) in [6, 6.07) is 4.25. The number of fused-ring (bicyclic) bond motifs is 1. The molecule has 0 aliphatic carbocycles. The van der Waals surface area contributed by atoms with Gasteiger partial charge in [0.1, 0.15) is 0 Å². The first-order chi connectivity index (χ1) is 7.43. The van der Waals surface area contributed by atoms with Gasteiger partial charge in [-0.25, -0.2) is 9.83 Å². The van der Waals surface area contributed by atoms with E-state index in [1.165, 1.54) is 25.2 Å². The molecule has 0 saturated carbocycles. The van der Waals surface area contributed by atoms with Crippen molar-refractivity contribution in [3.63, 3.8) is 0 Å². The molecule has 0 saturated heterocycles. The summed E-state index contributed by atoms with van der Waals surface area (Å²) in [7, 11) is 1.28. The van der Waals surface area contributed by atoms with Gasteiger partial charge in [0.2, 0.25) is 5.82 Å². The zero-order valence-electron chi connectivity index (χ0n) is 8.21. The lowest BCUT2D eigenvalue weighted by atomic mass is 10.3. The van der Waals surface area contributed by atoms with Crippen LogP contribution in [0.5, 0.6) is 0 Å². The summed E-state index contributed by atoms with van der Waals surface area (Å²) in [5.74, 6) is -0.954. The fourth-order valence-corrected chi connectivity index (χ4v) is 1.50. The molecule has 0 bridgehead atoms. The zero-order valence-corrected chi connectivity index (χ0v) is 8.21. The van der Waals surface area contributed by atoms with E-state index in [0.717, 1.165) is 4.57 Å². The molecule has 0 N–H and O–H groups in total. The number of nitrogens with zero attached hydrogens (tertiary/aromatic N) is 3. The lowest BCUT2D eigenvalue weighted by molar-refractivity contribution is -0.146. The fourth-order valence-electron chi connectivity index (χ4n) is 1.50. The first-order valence-corrected chi connectivity index (χ1v) is 4.34. The maximum atomic E-state index is 12.5. The van der Waals surface area contributed by atoms with Gasteiger partial charge in [-0.1, -0.05) is 6.07 Å². The first-order valence-electron chi connectivity index (χ1n) is 4.34. The standard InChI is InChI=1S/C10H6F3N3/c1-14-6-3-4-7-8(5-6)16(2)9(15-7)10(11,12)13/h3-5H,2H3. The molecular formula is C10H6F3N3. The minimum atomic E-state index is -4.48. The second kappa shape index (κ2) is 3.23. The Hall–Kier alpha value is -2.03. The molecular weight excluding hydrogens is 219 g/mol. The summed E-state index contributed by atoms with van der Waals surface area (Å²) in [5, 5.41) is 0. The summed E-state index contributed by atoms with van der Waals surface area (Å²) in [6.45, 7) is 6.79. The Morgan fingerprint density at radius 2 is 2.06 bits per heavy atom. The van der Waals surface area contributed by atoms with E-state index in [0.29, 0.717) is 11.2 Å². The van der Waals surface area contributed by atoms with E-state index in [1.807, 2.05) is 0 Å². The molecule has 1 aromatic carbocycles. The fraction of sp³-hybridized carbons (Fsp3) is 0.200. The van der Waals surface area contributed by atoms with Gasteiger partial charge in [-0.15, -0.1) is 0 Å². The third-order valence-corrected chi connectivity index (χ3v) is 2.25. The minimum absolute atomic E-state index is 0.238. The highest BCUT2D eigenvalue weighted by molar-refractivity contribution is 5.80. The third kappa shape index (κ3) is 1.50. The minimum Gasteiger partial charge on any atom is -0.325 e. The Morgan fingerprint density at radius 1 is 1.38 bits per heavy atom. The lowest BCUT2D eigenvalue weighted by Crippen LogP contribution is -2.12. The maximum Gasteiger partial charge on any atom is 0.449 e. The summed E-state index contributed by atoms with van der Waals surface area (Å²) < 4.78 is 38.5.